The molecule has 0 amide bonds. The Morgan fingerprint density at radius 3 is 2.56 bits per heavy atom. The van der Waals surface area contributed by atoms with Crippen molar-refractivity contribution in [2.24, 2.45) is 4.99 Å². The molecule has 45 heavy (non-hydrogen) atoms. The Hall–Kier alpha value is -5.62. The van der Waals surface area contributed by atoms with Crippen molar-refractivity contribution >= 4 is 34.8 Å². The zero-order chi connectivity index (χ0) is 31.7. The summed E-state index contributed by atoms with van der Waals surface area (Å²) >= 11 is 1.09. The summed E-state index contributed by atoms with van der Waals surface area (Å²) in [5.41, 5.74) is 1.18. The van der Waals surface area contributed by atoms with Gasteiger partial charge in [-0.15, -0.1) is 0 Å². The third-order valence-electron chi connectivity index (χ3n) is 7.13. The normalized spacial score (nSPS) is 14.6. The summed E-state index contributed by atoms with van der Waals surface area (Å²) in [5.74, 6) is -0.302. The number of furan rings is 1. The Kier molecular flexibility index (Phi) is 7.97. The van der Waals surface area contributed by atoms with E-state index in [0.717, 1.165) is 11.3 Å². The van der Waals surface area contributed by atoms with E-state index in [1.165, 1.54) is 54.2 Å². The molecular weight excluding hydrogens is 601 g/mol. The van der Waals surface area contributed by atoms with E-state index in [-0.39, 0.29) is 39.5 Å². The van der Waals surface area contributed by atoms with Gasteiger partial charge in [-0.25, -0.2) is 14.2 Å². The van der Waals surface area contributed by atoms with Gasteiger partial charge in [0, 0.05) is 11.6 Å². The molecule has 0 aliphatic carbocycles. The van der Waals surface area contributed by atoms with Crippen molar-refractivity contribution in [2.75, 3.05) is 13.7 Å². The van der Waals surface area contributed by atoms with Crippen molar-refractivity contribution < 1.29 is 28.0 Å². The molecule has 0 spiro atoms. The molecule has 0 saturated carbocycles. The molecule has 0 radical (unpaired) electrons. The smallest absolute Gasteiger partial charge is 0.338 e. The molecule has 5 aromatic rings. The van der Waals surface area contributed by atoms with E-state index in [1.54, 1.807) is 37.3 Å². The maximum Gasteiger partial charge on any atom is 0.338 e. The first-order chi connectivity index (χ1) is 21.8. The number of nitro groups is 1. The monoisotopic (exact) mass is 625 g/mol. The molecule has 1 atom stereocenters. The lowest BCUT2D eigenvalue weighted by Crippen LogP contribution is -2.40. The van der Waals surface area contributed by atoms with Gasteiger partial charge in [0.25, 0.3) is 11.2 Å². The van der Waals surface area contributed by atoms with Crippen LogP contribution in [0.5, 0.6) is 5.75 Å². The van der Waals surface area contributed by atoms with Gasteiger partial charge < -0.3 is 13.9 Å². The molecule has 0 N–H and O–H groups in total. The van der Waals surface area contributed by atoms with Crippen LogP contribution in [0, 0.1) is 15.9 Å². The second kappa shape index (κ2) is 12.2. The number of carbonyl (C=O) groups excluding carboxylic acids is 1. The number of halogens is 1. The van der Waals surface area contributed by atoms with Crippen molar-refractivity contribution in [2.45, 2.75) is 13.0 Å². The van der Waals surface area contributed by atoms with Crippen LogP contribution in [0.3, 0.4) is 0 Å². The summed E-state index contributed by atoms with van der Waals surface area (Å²) in [4.78, 5) is 43.8. The SMILES string of the molecule is CCOC(=O)C1=C(c2ccccc2)N=c2s/c(=C\c3ccc(-c4ccc(OC)cc4[N+](=O)[O-])o3)c(=O)n2C1c1ccc(F)cc1. The summed E-state index contributed by atoms with van der Waals surface area (Å²) in [5, 5.41) is 11.7. The van der Waals surface area contributed by atoms with Gasteiger partial charge in [-0.1, -0.05) is 53.8 Å². The van der Waals surface area contributed by atoms with Crippen molar-refractivity contribution in [3.63, 3.8) is 0 Å². The van der Waals surface area contributed by atoms with Gasteiger partial charge in [0.2, 0.25) is 0 Å². The van der Waals surface area contributed by atoms with Crippen LogP contribution < -0.4 is 19.6 Å². The minimum atomic E-state index is -0.965. The molecule has 0 saturated heterocycles. The Morgan fingerprint density at radius 1 is 1.11 bits per heavy atom. The number of rotatable bonds is 8. The molecule has 0 fully saturated rings. The average molecular weight is 626 g/mol. The number of thiazole rings is 1. The van der Waals surface area contributed by atoms with Crippen LogP contribution in [-0.4, -0.2) is 29.2 Å². The lowest BCUT2D eigenvalue weighted by Gasteiger charge is -2.25. The van der Waals surface area contributed by atoms with Crippen molar-refractivity contribution in [1.29, 1.82) is 0 Å². The quantitative estimate of drug-likeness (QED) is 0.131. The van der Waals surface area contributed by atoms with E-state index in [2.05, 4.69) is 0 Å². The Labute approximate surface area is 258 Å². The molecule has 1 aliphatic rings. The Morgan fingerprint density at radius 2 is 1.87 bits per heavy atom. The highest BCUT2D eigenvalue weighted by Crippen LogP contribution is 2.36. The molecule has 226 valence electrons. The number of esters is 1. The third-order valence-corrected chi connectivity index (χ3v) is 8.11. The fourth-order valence-corrected chi connectivity index (χ4v) is 6.08. The van der Waals surface area contributed by atoms with Crippen LogP contribution in [0.15, 0.2) is 105 Å². The minimum absolute atomic E-state index is 0.0954. The molecule has 3 aromatic carbocycles. The number of hydrogen-bond acceptors (Lipinski definition) is 9. The van der Waals surface area contributed by atoms with Gasteiger partial charge >= 0.3 is 5.97 Å². The molecule has 12 heteroatoms. The predicted molar refractivity (Wildman–Crippen MR) is 165 cm³/mol. The van der Waals surface area contributed by atoms with E-state index in [1.807, 2.05) is 18.2 Å². The highest BCUT2D eigenvalue weighted by Gasteiger charge is 2.35. The third kappa shape index (κ3) is 5.58. The topological polar surface area (TPSA) is 126 Å². The minimum Gasteiger partial charge on any atom is -0.497 e. The molecule has 2 aromatic heterocycles. The van der Waals surface area contributed by atoms with Crippen LogP contribution in [0.25, 0.3) is 23.1 Å². The van der Waals surface area contributed by atoms with Crippen molar-refractivity contribution in [3.8, 4) is 17.1 Å². The van der Waals surface area contributed by atoms with Gasteiger partial charge in [0.15, 0.2) is 4.80 Å². The largest absolute Gasteiger partial charge is 0.497 e. The second-order valence-electron chi connectivity index (χ2n) is 9.83. The van der Waals surface area contributed by atoms with Crippen LogP contribution >= 0.6 is 11.3 Å². The molecule has 0 bridgehead atoms. The average Bonchev–Trinajstić information content (AvgIpc) is 3.64. The lowest BCUT2D eigenvalue weighted by molar-refractivity contribution is -0.384. The van der Waals surface area contributed by atoms with Crippen molar-refractivity contribution in [3.05, 3.63) is 143 Å². The summed E-state index contributed by atoms with van der Waals surface area (Å²) < 4.78 is 32.1. The van der Waals surface area contributed by atoms with Gasteiger partial charge in [-0.2, -0.15) is 0 Å². The Bertz CT molecular complexity index is 2150. The highest BCUT2D eigenvalue weighted by molar-refractivity contribution is 7.07. The van der Waals surface area contributed by atoms with E-state index in [4.69, 9.17) is 18.9 Å². The lowest BCUT2D eigenvalue weighted by atomic mass is 9.93. The number of nitro benzene ring substituents is 1. The van der Waals surface area contributed by atoms with Crippen LogP contribution in [0.2, 0.25) is 0 Å². The van der Waals surface area contributed by atoms with Gasteiger partial charge in [0.05, 0.1) is 52.1 Å². The number of hydrogen-bond donors (Lipinski definition) is 0. The predicted octanol–water partition coefficient (Wildman–Crippen LogP) is 5.25. The van der Waals surface area contributed by atoms with Crippen LogP contribution in [0.1, 0.15) is 29.9 Å². The number of aromatic nitrogens is 1. The number of ether oxygens (including phenoxy) is 2. The second-order valence-corrected chi connectivity index (χ2v) is 10.8. The molecular formula is C33H24FN3O7S. The summed E-state index contributed by atoms with van der Waals surface area (Å²) in [6, 6.07) is 21.2. The Balaban J connectivity index is 1.53. The summed E-state index contributed by atoms with van der Waals surface area (Å²) in [6.07, 6.45) is 1.51. The van der Waals surface area contributed by atoms with E-state index in [0.29, 0.717) is 27.4 Å². The van der Waals surface area contributed by atoms with Crippen molar-refractivity contribution in [1.82, 2.24) is 4.57 Å². The summed E-state index contributed by atoms with van der Waals surface area (Å²) in [7, 11) is 1.42. The van der Waals surface area contributed by atoms with Gasteiger partial charge in [-0.05, 0) is 48.9 Å². The molecule has 1 aliphatic heterocycles. The fourth-order valence-electron chi connectivity index (χ4n) is 5.10. The fraction of sp³-hybridized carbons (Fsp3) is 0.121. The molecule has 6 rings (SSSR count). The van der Waals surface area contributed by atoms with Crippen LogP contribution in [-0.2, 0) is 9.53 Å². The maximum absolute atomic E-state index is 14.0. The standard InChI is InChI=1S/C33H24FN3O7S/c1-3-43-32(39)28-29(19-7-5-4-6-8-19)35-33-36(30(28)20-9-11-21(34)12-10-20)31(38)27(45-33)18-23-14-16-26(44-23)24-15-13-22(42-2)17-25(24)37(40)41/h4-18,30H,3H2,1-2H3/b27-18-. The number of fused-ring (bicyclic) bond motifs is 1. The molecule has 1 unspecified atom stereocenters. The van der Waals surface area contributed by atoms with E-state index >= 15 is 0 Å². The number of methoxy groups -OCH3 is 1. The van der Waals surface area contributed by atoms with Crippen LogP contribution in [0.4, 0.5) is 10.1 Å². The number of benzene rings is 3. The first-order valence-corrected chi connectivity index (χ1v) is 14.6. The first-order valence-electron chi connectivity index (χ1n) is 13.8. The summed E-state index contributed by atoms with van der Waals surface area (Å²) in [6.45, 7) is 1.78. The van der Waals surface area contributed by atoms with Gasteiger partial charge in [-0.3, -0.25) is 19.5 Å². The van der Waals surface area contributed by atoms with E-state index in [9.17, 15) is 24.1 Å². The zero-order valence-corrected chi connectivity index (χ0v) is 24.7. The number of nitrogens with zero attached hydrogens (tertiary/aromatic N) is 3. The maximum atomic E-state index is 14.0. The molecule has 3 heterocycles. The zero-order valence-electron chi connectivity index (χ0n) is 23.9. The van der Waals surface area contributed by atoms with E-state index < -0.39 is 28.3 Å². The first kappa shape index (κ1) is 29.5. The molecule has 10 nitrogen and oxygen atoms in total. The van der Waals surface area contributed by atoms with Gasteiger partial charge in [0.1, 0.15) is 23.1 Å². The number of carbonyl (C=O) groups is 1. The highest BCUT2D eigenvalue weighted by atomic mass is 32.1.